The SMILES string of the molecule is [Mo].[Nb].[Sn].[Ti].[W]. The molecule has 5 heavy (non-hydrogen) atoms. The zero-order chi connectivity index (χ0) is 0. The molecule has 0 aromatic carbocycles. The van der Waals surface area contributed by atoms with E-state index in [0.29, 0.717) is 0 Å². The maximum atomic E-state index is 0. The molecule has 0 saturated heterocycles. The van der Waals surface area contributed by atoms with Crippen molar-refractivity contribution in [3.05, 3.63) is 0 Å². The average molecular weight is 539 g/mol. The molecule has 0 aromatic heterocycles. The summed E-state index contributed by atoms with van der Waals surface area (Å²) in [5.74, 6) is 0. The smallest absolute Gasteiger partial charge is 0 e. The summed E-state index contributed by atoms with van der Waals surface area (Å²) in [5.41, 5.74) is 0. The molecule has 0 atom stereocenters. The zero-order valence-corrected chi connectivity index (χ0v) is 13.8. The van der Waals surface area contributed by atoms with E-state index in [1.165, 1.54) is 0 Å². The van der Waals surface area contributed by atoms with Gasteiger partial charge in [-0.3, -0.25) is 0 Å². The molecule has 0 unspecified atom stereocenters. The van der Waals surface area contributed by atoms with Crippen molar-refractivity contribution < 1.29 is 86.2 Å². The fraction of sp³-hybridized carbons (Fsp3) is 0. The van der Waals surface area contributed by atoms with Gasteiger partial charge in [0.2, 0.25) is 0 Å². The minimum atomic E-state index is 0. The molecule has 0 aliphatic rings. The second-order valence-electron chi connectivity index (χ2n) is 0. The minimum absolute atomic E-state index is 0. The Labute approximate surface area is 108 Å². The molecule has 0 rings (SSSR count). The van der Waals surface area contributed by atoms with E-state index in [9.17, 15) is 0 Å². The topological polar surface area (TPSA) is 0 Å². The molecule has 0 N–H and O–H groups in total. The molecule has 0 amide bonds. The largest absolute Gasteiger partial charge is 0 e. The van der Waals surface area contributed by atoms with Gasteiger partial charge in [-0.2, -0.15) is 0 Å². The predicted molar refractivity (Wildman–Crippen MR) is 5.75 cm³/mol. The molecule has 5 radical (unpaired) electrons. The molecule has 0 nitrogen and oxygen atoms in total. The van der Waals surface area contributed by atoms with E-state index < -0.39 is 0 Å². The first kappa shape index (κ1) is 38.1. The van der Waals surface area contributed by atoms with Gasteiger partial charge < -0.3 is 0 Å². The first-order valence-electron chi connectivity index (χ1n) is 0. The van der Waals surface area contributed by atoms with Gasteiger partial charge in [-0.05, 0) is 0 Å². The van der Waals surface area contributed by atoms with Crippen LogP contribution >= 0.6 is 0 Å². The average Bonchev–Trinajstić information content (AvgIpc) is 0. The third kappa shape index (κ3) is 18.4. The van der Waals surface area contributed by atoms with Crippen molar-refractivity contribution in [1.29, 1.82) is 0 Å². The molecule has 0 bridgehead atoms. The maximum absolute atomic E-state index is 0. The summed E-state index contributed by atoms with van der Waals surface area (Å²) >= 11 is 0. The molecular weight excluding hydrogens is 539 g/mol. The molecule has 0 aliphatic heterocycles. The van der Waals surface area contributed by atoms with Gasteiger partial charge in [0.25, 0.3) is 0 Å². The van der Waals surface area contributed by atoms with Crippen LogP contribution < -0.4 is 0 Å². The van der Waals surface area contributed by atoms with Crippen LogP contribution in [0.15, 0.2) is 0 Å². The quantitative estimate of drug-likeness (QED) is 0.369. The van der Waals surface area contributed by atoms with Crippen LogP contribution in [0.25, 0.3) is 0 Å². The van der Waals surface area contributed by atoms with Crippen molar-refractivity contribution in [3.8, 4) is 0 Å². The van der Waals surface area contributed by atoms with E-state index >= 15 is 0 Å². The van der Waals surface area contributed by atoms with Crippen LogP contribution in [0.1, 0.15) is 0 Å². The van der Waals surface area contributed by atoms with Crippen LogP contribution in [0, 0.1) is 0 Å². The summed E-state index contributed by atoms with van der Waals surface area (Å²) in [5, 5.41) is 0. The fourth-order valence-electron chi connectivity index (χ4n) is 0. The third-order valence-corrected chi connectivity index (χ3v) is 0. The van der Waals surface area contributed by atoms with E-state index in [4.69, 9.17) is 0 Å². The van der Waals surface area contributed by atoms with Crippen molar-refractivity contribution in [2.45, 2.75) is 0 Å². The van der Waals surface area contributed by atoms with E-state index in [1.807, 2.05) is 0 Å². The molecule has 25 valence electrons. The summed E-state index contributed by atoms with van der Waals surface area (Å²) in [6, 6.07) is 0. The van der Waals surface area contributed by atoms with Gasteiger partial charge in [-0.1, -0.05) is 0 Å². The van der Waals surface area contributed by atoms with E-state index in [0.717, 1.165) is 0 Å². The normalized spacial score (nSPS) is 0. The monoisotopic (exact) mass is 543 g/mol. The summed E-state index contributed by atoms with van der Waals surface area (Å²) in [6.45, 7) is 0. The van der Waals surface area contributed by atoms with Crippen molar-refractivity contribution in [1.82, 2.24) is 0 Å². The molecule has 5 heteroatoms. The standard InChI is InChI=1S/Mo.Nb.Sn.Ti.W. The summed E-state index contributed by atoms with van der Waals surface area (Å²) in [4.78, 5) is 0. The predicted octanol–water partition coefficient (Wildman–Crippen LogP) is -0.391. The van der Waals surface area contributed by atoms with Crippen LogP contribution in [0.2, 0.25) is 0 Å². The van der Waals surface area contributed by atoms with Crippen molar-refractivity contribution in [2.24, 2.45) is 0 Å². The van der Waals surface area contributed by atoms with Crippen molar-refractivity contribution >= 4 is 23.9 Å². The zero-order valence-electron chi connectivity index (χ0n) is 2.26. The van der Waals surface area contributed by atoms with Crippen LogP contribution in [-0.2, 0) is 86.2 Å². The molecule has 0 fully saturated rings. The van der Waals surface area contributed by atoms with E-state index in [-0.39, 0.29) is 110 Å². The molecule has 0 aliphatic carbocycles. The van der Waals surface area contributed by atoms with Crippen LogP contribution in [0.5, 0.6) is 0 Å². The Morgan fingerprint density at radius 2 is 1.00 bits per heavy atom. The van der Waals surface area contributed by atoms with Gasteiger partial charge in [0.15, 0.2) is 0 Å². The number of hydrogen-bond donors (Lipinski definition) is 0. The van der Waals surface area contributed by atoms with Gasteiger partial charge >= 0.3 is 0 Å². The molecule has 0 saturated carbocycles. The molecule has 0 aromatic rings. The fourth-order valence-corrected chi connectivity index (χ4v) is 0. The number of rotatable bonds is 0. The van der Waals surface area contributed by atoms with Gasteiger partial charge in [0.1, 0.15) is 0 Å². The Bertz CT molecular complexity index is 11.6. The van der Waals surface area contributed by atoms with Crippen molar-refractivity contribution in [3.63, 3.8) is 0 Å². The van der Waals surface area contributed by atoms with Gasteiger partial charge in [-0.25, -0.2) is 0 Å². The Balaban J connectivity index is 0. The summed E-state index contributed by atoms with van der Waals surface area (Å²) < 4.78 is 0. The third-order valence-electron chi connectivity index (χ3n) is 0. The first-order chi connectivity index (χ1) is 0. The summed E-state index contributed by atoms with van der Waals surface area (Å²) in [6.07, 6.45) is 0. The molecule has 0 heterocycles. The Kier molecular flexibility index (Phi) is 194. The summed E-state index contributed by atoms with van der Waals surface area (Å²) in [7, 11) is 0. The Morgan fingerprint density at radius 1 is 1.00 bits per heavy atom. The molecular formula is MoNbSnTiW. The Hall–Kier alpha value is 3.63. The van der Waals surface area contributed by atoms with Crippen molar-refractivity contribution in [2.75, 3.05) is 0 Å². The first-order valence-corrected chi connectivity index (χ1v) is 0. The Morgan fingerprint density at radius 3 is 1.00 bits per heavy atom. The second-order valence-corrected chi connectivity index (χ2v) is 0. The van der Waals surface area contributed by atoms with Gasteiger partial charge in [0, 0.05) is 110 Å². The van der Waals surface area contributed by atoms with Gasteiger partial charge in [-0.15, -0.1) is 0 Å². The van der Waals surface area contributed by atoms with E-state index in [1.54, 1.807) is 0 Å². The maximum Gasteiger partial charge on any atom is 0 e. The minimum Gasteiger partial charge on any atom is 0 e. The van der Waals surface area contributed by atoms with Crippen LogP contribution in [0.4, 0.5) is 0 Å². The number of hydrogen-bond acceptors (Lipinski definition) is 0. The second kappa shape index (κ2) is 25.5. The molecule has 0 spiro atoms. The van der Waals surface area contributed by atoms with Crippen LogP contribution in [-0.4, -0.2) is 23.9 Å². The van der Waals surface area contributed by atoms with E-state index in [2.05, 4.69) is 0 Å². The van der Waals surface area contributed by atoms with Crippen LogP contribution in [0.3, 0.4) is 0 Å². The van der Waals surface area contributed by atoms with Gasteiger partial charge in [0.05, 0.1) is 0 Å².